The first-order valence-electron chi connectivity index (χ1n) is 5.47. The highest BCUT2D eigenvalue weighted by Gasteiger charge is 2.11. The van der Waals surface area contributed by atoms with Gasteiger partial charge in [0, 0.05) is 24.7 Å². The van der Waals surface area contributed by atoms with Gasteiger partial charge < -0.3 is 15.1 Å². The molecule has 0 fully saturated rings. The second-order valence-electron chi connectivity index (χ2n) is 4.11. The van der Waals surface area contributed by atoms with Crippen LogP contribution in [0.1, 0.15) is 17.6 Å². The molecule has 0 unspecified atom stereocenters. The Morgan fingerprint density at radius 2 is 2.11 bits per heavy atom. The number of alkyl halides is 2. The van der Waals surface area contributed by atoms with E-state index in [1.807, 2.05) is 18.0 Å². The molecule has 18 heavy (non-hydrogen) atoms. The van der Waals surface area contributed by atoms with E-state index in [1.54, 1.807) is 18.6 Å². The summed E-state index contributed by atoms with van der Waals surface area (Å²) in [5.41, 5.74) is 7.79. The van der Waals surface area contributed by atoms with E-state index >= 15 is 0 Å². The number of halogens is 2. The topological polar surface area (TPSA) is 42.4 Å². The van der Waals surface area contributed by atoms with Gasteiger partial charge in [-0.2, -0.15) is 0 Å². The van der Waals surface area contributed by atoms with Crippen molar-refractivity contribution in [2.24, 2.45) is 0 Å². The number of furan rings is 1. The molecule has 0 radical (unpaired) electrons. The minimum atomic E-state index is -2.50. The van der Waals surface area contributed by atoms with Crippen LogP contribution in [0.4, 0.5) is 20.2 Å². The first-order chi connectivity index (χ1) is 8.58. The largest absolute Gasteiger partial charge is 0.472 e. The molecule has 0 atom stereocenters. The highest BCUT2D eigenvalue weighted by atomic mass is 19.3. The average molecular weight is 252 g/mol. The van der Waals surface area contributed by atoms with Crippen molar-refractivity contribution in [3.8, 4) is 0 Å². The van der Waals surface area contributed by atoms with Gasteiger partial charge in [0.25, 0.3) is 6.43 Å². The van der Waals surface area contributed by atoms with Crippen LogP contribution < -0.4 is 10.6 Å². The van der Waals surface area contributed by atoms with Gasteiger partial charge in [0.15, 0.2) is 0 Å². The molecule has 5 heteroatoms. The number of anilines is 2. The average Bonchev–Trinajstić information content (AvgIpc) is 2.81. The standard InChI is InChI=1S/C13H14F2N2O/c1-17(7-9-4-5-18-8-9)12-3-2-10(13(14)15)6-11(12)16/h2-6,8,13H,7,16H2,1H3. The third-order valence-corrected chi connectivity index (χ3v) is 2.71. The molecule has 0 aliphatic heterocycles. The van der Waals surface area contributed by atoms with E-state index in [0.717, 1.165) is 11.3 Å². The fraction of sp³-hybridized carbons (Fsp3) is 0.231. The number of nitrogens with zero attached hydrogens (tertiary/aromatic N) is 1. The molecule has 0 amide bonds. The van der Waals surface area contributed by atoms with Gasteiger partial charge in [-0.3, -0.25) is 0 Å². The molecule has 0 aliphatic carbocycles. The smallest absolute Gasteiger partial charge is 0.263 e. The van der Waals surface area contributed by atoms with Crippen LogP contribution in [0.5, 0.6) is 0 Å². The Morgan fingerprint density at radius 1 is 1.33 bits per heavy atom. The predicted molar refractivity (Wildman–Crippen MR) is 66.6 cm³/mol. The van der Waals surface area contributed by atoms with E-state index < -0.39 is 6.43 Å². The molecule has 0 bridgehead atoms. The monoisotopic (exact) mass is 252 g/mol. The van der Waals surface area contributed by atoms with Gasteiger partial charge in [0.1, 0.15) is 0 Å². The Balaban J connectivity index is 2.17. The van der Waals surface area contributed by atoms with Gasteiger partial charge in [-0.05, 0) is 18.2 Å². The second kappa shape index (κ2) is 5.08. The second-order valence-corrected chi connectivity index (χ2v) is 4.11. The van der Waals surface area contributed by atoms with Crippen LogP contribution in [0.2, 0.25) is 0 Å². The molecule has 1 heterocycles. The molecule has 96 valence electrons. The highest BCUT2D eigenvalue weighted by Crippen LogP contribution is 2.29. The van der Waals surface area contributed by atoms with E-state index in [2.05, 4.69) is 0 Å². The number of rotatable bonds is 4. The van der Waals surface area contributed by atoms with Gasteiger partial charge >= 0.3 is 0 Å². The third kappa shape index (κ3) is 2.61. The number of benzene rings is 1. The summed E-state index contributed by atoms with van der Waals surface area (Å²) in [5.74, 6) is 0. The summed E-state index contributed by atoms with van der Waals surface area (Å²) in [4.78, 5) is 1.88. The van der Waals surface area contributed by atoms with Gasteiger partial charge in [0.05, 0.1) is 23.9 Å². The lowest BCUT2D eigenvalue weighted by molar-refractivity contribution is 0.151. The third-order valence-electron chi connectivity index (χ3n) is 2.71. The number of hydrogen-bond acceptors (Lipinski definition) is 3. The summed E-state index contributed by atoms with van der Waals surface area (Å²) >= 11 is 0. The molecular formula is C13H14F2N2O. The van der Waals surface area contributed by atoms with Gasteiger partial charge in [-0.25, -0.2) is 8.78 Å². The van der Waals surface area contributed by atoms with E-state index in [4.69, 9.17) is 10.2 Å². The zero-order valence-electron chi connectivity index (χ0n) is 9.94. The molecule has 2 rings (SSSR count). The van der Waals surface area contributed by atoms with Gasteiger partial charge in [-0.15, -0.1) is 0 Å². The Bertz CT molecular complexity index is 512. The van der Waals surface area contributed by atoms with Crippen molar-refractivity contribution in [1.82, 2.24) is 0 Å². The van der Waals surface area contributed by atoms with Crippen molar-refractivity contribution in [2.75, 3.05) is 17.7 Å². The minimum absolute atomic E-state index is 0.0621. The molecule has 0 spiro atoms. The lowest BCUT2D eigenvalue weighted by atomic mass is 10.1. The van der Waals surface area contributed by atoms with E-state index in [1.165, 1.54) is 12.1 Å². The number of nitrogen functional groups attached to an aromatic ring is 1. The summed E-state index contributed by atoms with van der Waals surface area (Å²) < 4.78 is 30.0. The summed E-state index contributed by atoms with van der Waals surface area (Å²) in [5, 5.41) is 0. The van der Waals surface area contributed by atoms with E-state index in [-0.39, 0.29) is 5.56 Å². The fourth-order valence-electron chi connectivity index (χ4n) is 1.80. The van der Waals surface area contributed by atoms with E-state index in [9.17, 15) is 8.78 Å². The zero-order valence-corrected chi connectivity index (χ0v) is 9.94. The predicted octanol–water partition coefficient (Wildman–Crippen LogP) is 3.44. The van der Waals surface area contributed by atoms with Crippen molar-refractivity contribution < 1.29 is 13.2 Å². The van der Waals surface area contributed by atoms with Gasteiger partial charge in [-0.1, -0.05) is 6.07 Å². The minimum Gasteiger partial charge on any atom is -0.472 e. The molecule has 0 saturated heterocycles. The van der Waals surface area contributed by atoms with Crippen LogP contribution in [0, 0.1) is 0 Å². The van der Waals surface area contributed by atoms with Crippen molar-refractivity contribution in [3.05, 3.63) is 47.9 Å². The lowest BCUT2D eigenvalue weighted by Gasteiger charge is -2.20. The van der Waals surface area contributed by atoms with Gasteiger partial charge in [0.2, 0.25) is 0 Å². The van der Waals surface area contributed by atoms with Crippen molar-refractivity contribution in [3.63, 3.8) is 0 Å². The van der Waals surface area contributed by atoms with E-state index in [0.29, 0.717) is 12.2 Å². The Kier molecular flexibility index (Phi) is 3.50. The maximum absolute atomic E-state index is 12.5. The molecule has 1 aromatic carbocycles. The fourth-order valence-corrected chi connectivity index (χ4v) is 1.80. The Morgan fingerprint density at radius 3 is 2.67 bits per heavy atom. The van der Waals surface area contributed by atoms with Crippen LogP contribution in [0.25, 0.3) is 0 Å². The molecular weight excluding hydrogens is 238 g/mol. The first-order valence-corrected chi connectivity index (χ1v) is 5.47. The molecule has 2 N–H and O–H groups in total. The highest BCUT2D eigenvalue weighted by molar-refractivity contribution is 5.68. The molecule has 3 nitrogen and oxygen atoms in total. The van der Waals surface area contributed by atoms with Crippen LogP contribution in [0.3, 0.4) is 0 Å². The summed E-state index contributed by atoms with van der Waals surface area (Å²) in [6.07, 6.45) is 0.729. The molecule has 1 aromatic heterocycles. The van der Waals surface area contributed by atoms with Crippen LogP contribution in [0.15, 0.2) is 41.2 Å². The summed E-state index contributed by atoms with van der Waals surface area (Å²) in [6.45, 7) is 0.606. The molecule has 0 aliphatic rings. The molecule has 0 saturated carbocycles. The lowest BCUT2D eigenvalue weighted by Crippen LogP contribution is -2.17. The Labute approximate surface area is 104 Å². The normalized spacial score (nSPS) is 10.9. The van der Waals surface area contributed by atoms with Crippen molar-refractivity contribution >= 4 is 11.4 Å². The van der Waals surface area contributed by atoms with Crippen LogP contribution in [-0.4, -0.2) is 7.05 Å². The van der Waals surface area contributed by atoms with Crippen LogP contribution >= 0.6 is 0 Å². The molecule has 2 aromatic rings. The van der Waals surface area contributed by atoms with Crippen molar-refractivity contribution in [2.45, 2.75) is 13.0 Å². The summed E-state index contributed by atoms with van der Waals surface area (Å²) in [7, 11) is 1.85. The SMILES string of the molecule is CN(Cc1ccoc1)c1ccc(C(F)F)cc1N. The maximum Gasteiger partial charge on any atom is 0.263 e. The van der Waals surface area contributed by atoms with Crippen LogP contribution in [-0.2, 0) is 6.54 Å². The first kappa shape index (κ1) is 12.4. The van der Waals surface area contributed by atoms with Crippen molar-refractivity contribution in [1.29, 1.82) is 0 Å². The quantitative estimate of drug-likeness (QED) is 0.847. The summed E-state index contributed by atoms with van der Waals surface area (Å²) in [6, 6.07) is 6.16. The zero-order chi connectivity index (χ0) is 13.1. The number of hydrogen-bond donors (Lipinski definition) is 1. The maximum atomic E-state index is 12.5. The number of nitrogens with two attached hydrogens (primary N) is 1. The Hall–Kier alpha value is -2.04.